The first-order valence-electron chi connectivity index (χ1n) is 6.57. The molecule has 0 aromatic heterocycles. The quantitative estimate of drug-likeness (QED) is 0.714. The van der Waals surface area contributed by atoms with Crippen molar-refractivity contribution in [1.29, 1.82) is 0 Å². The molecular formula is C13H18ClFN3OS+. The van der Waals surface area contributed by atoms with E-state index in [2.05, 4.69) is 10.6 Å². The summed E-state index contributed by atoms with van der Waals surface area (Å²) in [7, 11) is 0. The number of nitrogens with one attached hydrogen (secondary N) is 3. The van der Waals surface area contributed by atoms with Crippen molar-refractivity contribution in [3.8, 4) is 0 Å². The second-order valence-electron chi connectivity index (χ2n) is 4.59. The average molecular weight is 319 g/mol. The van der Waals surface area contributed by atoms with E-state index < -0.39 is 5.82 Å². The molecule has 0 saturated carbocycles. The molecule has 0 unspecified atom stereocenters. The van der Waals surface area contributed by atoms with E-state index in [1.165, 1.54) is 11.0 Å². The van der Waals surface area contributed by atoms with Gasteiger partial charge in [-0.05, 0) is 24.4 Å². The standard InChI is InChI=1S/C13H17ClFN3OS/c14-10-2-1-3-11(12(10)15)17-13(20)16-4-5-18-6-8-19-9-7-18/h1-3H,4-9H2,(H2,16,17,20)/p+1. The smallest absolute Gasteiger partial charge is 0.171 e. The Morgan fingerprint density at radius 1 is 1.40 bits per heavy atom. The van der Waals surface area contributed by atoms with Gasteiger partial charge in [-0.1, -0.05) is 17.7 Å². The lowest BCUT2D eigenvalue weighted by molar-refractivity contribution is -0.906. The van der Waals surface area contributed by atoms with Crippen molar-refractivity contribution in [2.24, 2.45) is 0 Å². The molecule has 0 bridgehead atoms. The number of ether oxygens (including phenoxy) is 1. The van der Waals surface area contributed by atoms with E-state index in [4.69, 9.17) is 28.6 Å². The molecule has 4 nitrogen and oxygen atoms in total. The summed E-state index contributed by atoms with van der Waals surface area (Å²) < 4.78 is 19.0. The largest absolute Gasteiger partial charge is 0.370 e. The summed E-state index contributed by atoms with van der Waals surface area (Å²) in [5.74, 6) is -0.489. The summed E-state index contributed by atoms with van der Waals surface area (Å²) >= 11 is 10.8. The van der Waals surface area contributed by atoms with E-state index in [0.29, 0.717) is 5.11 Å². The SMILES string of the molecule is Fc1c(Cl)cccc1NC(=S)NCC[NH+]1CCOCC1. The van der Waals surface area contributed by atoms with Crippen LogP contribution >= 0.6 is 23.8 Å². The van der Waals surface area contributed by atoms with E-state index >= 15 is 0 Å². The monoisotopic (exact) mass is 318 g/mol. The van der Waals surface area contributed by atoms with Crippen molar-refractivity contribution in [2.45, 2.75) is 0 Å². The third-order valence-electron chi connectivity index (χ3n) is 3.16. The molecule has 0 aliphatic carbocycles. The Balaban J connectivity index is 1.73. The predicted octanol–water partition coefficient (Wildman–Crippen LogP) is 0.681. The summed E-state index contributed by atoms with van der Waals surface area (Å²) in [5, 5.41) is 6.37. The summed E-state index contributed by atoms with van der Waals surface area (Å²) in [6.45, 7) is 5.36. The fourth-order valence-electron chi connectivity index (χ4n) is 2.03. The molecule has 1 heterocycles. The number of thiocarbonyl (C=S) groups is 1. The topological polar surface area (TPSA) is 37.7 Å². The van der Waals surface area contributed by atoms with E-state index in [0.717, 1.165) is 39.4 Å². The highest BCUT2D eigenvalue weighted by Gasteiger charge is 2.13. The van der Waals surface area contributed by atoms with Gasteiger partial charge >= 0.3 is 0 Å². The minimum Gasteiger partial charge on any atom is -0.370 e. The van der Waals surface area contributed by atoms with Gasteiger partial charge < -0.3 is 20.3 Å². The van der Waals surface area contributed by atoms with E-state index in [1.807, 2.05) is 0 Å². The molecule has 110 valence electrons. The Labute approximate surface area is 128 Å². The molecular weight excluding hydrogens is 301 g/mol. The lowest BCUT2D eigenvalue weighted by atomic mass is 10.3. The molecule has 0 atom stereocenters. The van der Waals surface area contributed by atoms with Crippen LogP contribution in [0.4, 0.5) is 10.1 Å². The molecule has 1 aromatic carbocycles. The highest BCUT2D eigenvalue weighted by Crippen LogP contribution is 2.21. The number of hydrogen-bond acceptors (Lipinski definition) is 2. The van der Waals surface area contributed by atoms with Gasteiger partial charge in [-0.3, -0.25) is 0 Å². The zero-order valence-electron chi connectivity index (χ0n) is 11.0. The Kier molecular flexibility index (Phi) is 5.97. The number of morpholine rings is 1. The Morgan fingerprint density at radius 2 is 2.15 bits per heavy atom. The molecule has 0 amide bonds. The second-order valence-corrected chi connectivity index (χ2v) is 5.41. The van der Waals surface area contributed by atoms with Crippen LogP contribution in [0.3, 0.4) is 0 Å². The van der Waals surface area contributed by atoms with Gasteiger partial charge in [0.15, 0.2) is 10.9 Å². The summed E-state index contributed by atoms with van der Waals surface area (Å²) in [4.78, 5) is 1.49. The third kappa shape index (κ3) is 4.56. The van der Waals surface area contributed by atoms with Gasteiger partial charge in [0.05, 0.1) is 37.0 Å². The van der Waals surface area contributed by atoms with Gasteiger partial charge in [-0.25, -0.2) is 4.39 Å². The fraction of sp³-hybridized carbons (Fsp3) is 0.462. The van der Waals surface area contributed by atoms with Crippen molar-refractivity contribution >= 4 is 34.6 Å². The van der Waals surface area contributed by atoms with Crippen molar-refractivity contribution in [3.05, 3.63) is 29.0 Å². The summed E-state index contributed by atoms with van der Waals surface area (Å²) in [6, 6.07) is 4.77. The lowest BCUT2D eigenvalue weighted by Gasteiger charge is -2.24. The minimum atomic E-state index is -0.489. The van der Waals surface area contributed by atoms with Crippen LogP contribution in [0.15, 0.2) is 18.2 Å². The van der Waals surface area contributed by atoms with Gasteiger partial charge in [-0.15, -0.1) is 0 Å². The normalized spacial score (nSPS) is 15.9. The zero-order chi connectivity index (χ0) is 14.4. The van der Waals surface area contributed by atoms with Gasteiger partial charge in [-0.2, -0.15) is 0 Å². The Morgan fingerprint density at radius 3 is 2.90 bits per heavy atom. The molecule has 1 aromatic rings. The van der Waals surface area contributed by atoms with Crippen LogP contribution in [0.2, 0.25) is 5.02 Å². The molecule has 0 radical (unpaired) electrons. The van der Waals surface area contributed by atoms with Crippen LogP contribution < -0.4 is 15.5 Å². The summed E-state index contributed by atoms with van der Waals surface area (Å²) in [5.41, 5.74) is 0.286. The first-order valence-corrected chi connectivity index (χ1v) is 7.35. The molecule has 7 heteroatoms. The van der Waals surface area contributed by atoms with Gasteiger partial charge in [0.1, 0.15) is 13.1 Å². The Bertz CT molecular complexity index is 469. The van der Waals surface area contributed by atoms with Gasteiger partial charge in [0.25, 0.3) is 0 Å². The minimum absolute atomic E-state index is 0.0792. The van der Waals surface area contributed by atoms with Crippen LogP contribution in [0, 0.1) is 5.82 Å². The number of anilines is 1. The fourth-order valence-corrected chi connectivity index (χ4v) is 2.42. The highest BCUT2D eigenvalue weighted by molar-refractivity contribution is 7.80. The van der Waals surface area contributed by atoms with Crippen molar-refractivity contribution in [2.75, 3.05) is 44.7 Å². The van der Waals surface area contributed by atoms with Crippen molar-refractivity contribution in [1.82, 2.24) is 5.32 Å². The third-order valence-corrected chi connectivity index (χ3v) is 3.70. The zero-order valence-corrected chi connectivity index (χ0v) is 12.6. The van der Waals surface area contributed by atoms with E-state index in [1.54, 1.807) is 12.1 Å². The highest BCUT2D eigenvalue weighted by atomic mass is 35.5. The number of benzene rings is 1. The lowest BCUT2D eigenvalue weighted by Crippen LogP contribution is -3.14. The average Bonchev–Trinajstić information content (AvgIpc) is 2.45. The van der Waals surface area contributed by atoms with Crippen LogP contribution in [0.5, 0.6) is 0 Å². The molecule has 20 heavy (non-hydrogen) atoms. The predicted molar refractivity (Wildman–Crippen MR) is 82.0 cm³/mol. The number of halogens is 2. The maximum atomic E-state index is 13.7. The van der Waals surface area contributed by atoms with Crippen molar-refractivity contribution in [3.63, 3.8) is 0 Å². The number of quaternary nitrogens is 1. The van der Waals surface area contributed by atoms with Gasteiger partial charge in [0, 0.05) is 0 Å². The summed E-state index contributed by atoms with van der Waals surface area (Å²) in [6.07, 6.45) is 0. The molecule has 1 aliphatic heterocycles. The number of rotatable bonds is 4. The van der Waals surface area contributed by atoms with Crippen LogP contribution in [0.25, 0.3) is 0 Å². The van der Waals surface area contributed by atoms with E-state index in [-0.39, 0.29) is 10.7 Å². The molecule has 2 rings (SSSR count). The maximum absolute atomic E-state index is 13.7. The van der Waals surface area contributed by atoms with Crippen molar-refractivity contribution < 1.29 is 14.0 Å². The van der Waals surface area contributed by atoms with Crippen LogP contribution in [-0.4, -0.2) is 44.5 Å². The molecule has 0 spiro atoms. The first-order chi connectivity index (χ1) is 9.66. The molecule has 1 aliphatic rings. The molecule has 1 fully saturated rings. The Hall–Kier alpha value is -0.950. The van der Waals surface area contributed by atoms with Gasteiger partial charge in [0.2, 0.25) is 0 Å². The maximum Gasteiger partial charge on any atom is 0.171 e. The molecule has 1 saturated heterocycles. The van der Waals surface area contributed by atoms with E-state index in [9.17, 15) is 4.39 Å². The number of hydrogen-bond donors (Lipinski definition) is 3. The van der Waals surface area contributed by atoms with Crippen LogP contribution in [-0.2, 0) is 4.74 Å². The molecule has 3 N–H and O–H groups in total. The second kappa shape index (κ2) is 7.73. The van der Waals surface area contributed by atoms with Crippen LogP contribution in [0.1, 0.15) is 0 Å². The first kappa shape index (κ1) is 15.4.